The minimum Gasteiger partial charge on any atom is -0.466 e. The zero-order valence-corrected chi connectivity index (χ0v) is 33.4. The normalized spacial score (nSPS) is 22.1. The van der Waals surface area contributed by atoms with E-state index in [0.29, 0.717) is 31.2 Å². The summed E-state index contributed by atoms with van der Waals surface area (Å²) in [6.45, 7) is 14.0. The van der Waals surface area contributed by atoms with Crippen LogP contribution in [0, 0.1) is 16.6 Å². The minimum atomic E-state index is -4.89. The average Bonchev–Trinajstić information content (AvgIpc) is 3.52. The average molecular weight is 779 g/mol. The topological polar surface area (TPSA) is 73.7 Å². The Hall–Kier alpha value is -2.15. The van der Waals surface area contributed by atoms with Crippen LogP contribution in [0.15, 0.2) is 18.3 Å². The first-order chi connectivity index (χ1) is 23.8. The first kappa shape index (κ1) is 41.6. The van der Waals surface area contributed by atoms with Crippen molar-refractivity contribution in [1.29, 1.82) is 0 Å². The molecule has 2 saturated carbocycles. The van der Waals surface area contributed by atoms with Crippen LogP contribution in [0.3, 0.4) is 0 Å². The number of aromatic nitrogens is 2. The number of alkyl halides is 3. The lowest BCUT2D eigenvalue weighted by Gasteiger charge is -2.43. The molecule has 2 aromatic rings. The molecule has 2 aliphatic rings. The van der Waals surface area contributed by atoms with E-state index in [4.69, 9.17) is 32.4 Å². The van der Waals surface area contributed by atoms with Gasteiger partial charge in [0.05, 0.1) is 52.5 Å². The van der Waals surface area contributed by atoms with Crippen LogP contribution in [-0.4, -0.2) is 54.1 Å². The predicted octanol–water partition coefficient (Wildman–Crippen LogP) is 11.2. The van der Waals surface area contributed by atoms with E-state index in [1.54, 1.807) is 13.8 Å². The number of amides is 1. The zero-order chi connectivity index (χ0) is 37.9. The van der Waals surface area contributed by atoms with Gasteiger partial charge in [0, 0.05) is 11.6 Å². The van der Waals surface area contributed by atoms with Gasteiger partial charge in [0.2, 0.25) is 0 Å². The van der Waals surface area contributed by atoms with E-state index in [0.717, 1.165) is 54.0 Å². The number of hydrogen-bond donors (Lipinski definition) is 0. The smallest absolute Gasteiger partial charge is 0.433 e. The van der Waals surface area contributed by atoms with E-state index < -0.39 is 55.0 Å². The number of esters is 1. The standard InChI is InChI=1S/C37H53Cl2F4N3O4Si/c1-8-49-34(48)36(7)18-14-26(15-19-36)46-32(37(41,42)43)27(22-44-46)33(47)45(25-12-16-35(5,6)17-13-25)23-30(50-51(9-2,10-3)11-4)31-28(38)20-24(40)21-29(31)39/h20-22,25-26,30H,8-19,23H2,1-7H3. The molecule has 7 nitrogen and oxygen atoms in total. The maximum atomic E-state index is 15.1. The number of halogens is 6. The fourth-order valence-electron chi connectivity index (χ4n) is 7.85. The van der Waals surface area contributed by atoms with Crippen molar-refractivity contribution < 1.29 is 36.3 Å². The Morgan fingerprint density at radius 2 is 1.53 bits per heavy atom. The van der Waals surface area contributed by atoms with Gasteiger partial charge >= 0.3 is 12.1 Å². The summed E-state index contributed by atoms with van der Waals surface area (Å²) in [5.74, 6) is -1.79. The van der Waals surface area contributed by atoms with Gasteiger partial charge < -0.3 is 14.1 Å². The van der Waals surface area contributed by atoms with Gasteiger partial charge in [0.25, 0.3) is 5.91 Å². The zero-order valence-electron chi connectivity index (χ0n) is 30.9. The van der Waals surface area contributed by atoms with Crippen LogP contribution in [-0.2, 0) is 20.1 Å². The highest BCUT2D eigenvalue weighted by molar-refractivity contribution is 6.73. The molecule has 1 atom stereocenters. The van der Waals surface area contributed by atoms with Crippen LogP contribution in [0.5, 0.6) is 0 Å². The van der Waals surface area contributed by atoms with Gasteiger partial charge in [-0.15, -0.1) is 0 Å². The quantitative estimate of drug-likeness (QED) is 0.115. The number of carbonyl (C=O) groups is 2. The van der Waals surface area contributed by atoms with E-state index in [9.17, 15) is 14.0 Å². The van der Waals surface area contributed by atoms with Gasteiger partial charge in [-0.05, 0) is 101 Å². The summed E-state index contributed by atoms with van der Waals surface area (Å²) >= 11 is 13.3. The molecule has 51 heavy (non-hydrogen) atoms. The molecule has 0 aliphatic heterocycles. The van der Waals surface area contributed by atoms with Crippen LogP contribution in [0.2, 0.25) is 28.2 Å². The second-order valence-electron chi connectivity index (χ2n) is 15.3. The Balaban J connectivity index is 1.79. The van der Waals surface area contributed by atoms with Crippen molar-refractivity contribution in [1.82, 2.24) is 14.7 Å². The molecule has 0 saturated heterocycles. The summed E-state index contributed by atoms with van der Waals surface area (Å²) in [6.07, 6.45) is -0.858. The van der Waals surface area contributed by atoms with Gasteiger partial charge in [-0.2, -0.15) is 18.3 Å². The number of ether oxygens (including phenoxy) is 1. The molecule has 0 N–H and O–H groups in total. The molecule has 14 heteroatoms. The molecule has 1 aromatic carbocycles. The molecule has 0 radical (unpaired) electrons. The summed E-state index contributed by atoms with van der Waals surface area (Å²) < 4.78 is 72.8. The first-order valence-corrected chi connectivity index (χ1v) is 21.6. The molecule has 1 unspecified atom stereocenters. The molecule has 1 heterocycles. The summed E-state index contributed by atoms with van der Waals surface area (Å²) in [6, 6.07) is 3.49. The van der Waals surface area contributed by atoms with Gasteiger partial charge in [-0.1, -0.05) is 57.8 Å². The predicted molar refractivity (Wildman–Crippen MR) is 194 cm³/mol. The number of carbonyl (C=O) groups excluding carboxylic acids is 2. The van der Waals surface area contributed by atoms with E-state index in [1.165, 1.54) is 4.90 Å². The van der Waals surface area contributed by atoms with Gasteiger partial charge in [-0.3, -0.25) is 14.3 Å². The van der Waals surface area contributed by atoms with Crippen LogP contribution < -0.4 is 0 Å². The Bertz CT molecular complexity index is 1500. The summed E-state index contributed by atoms with van der Waals surface area (Å²) in [5, 5.41) is 4.27. The van der Waals surface area contributed by atoms with Crippen LogP contribution in [0.25, 0.3) is 0 Å². The number of nitrogens with zero attached hydrogens (tertiary/aromatic N) is 3. The second kappa shape index (κ2) is 16.5. The van der Waals surface area contributed by atoms with E-state index in [2.05, 4.69) is 18.9 Å². The fourth-order valence-corrected chi connectivity index (χ4v) is 11.3. The summed E-state index contributed by atoms with van der Waals surface area (Å²) in [7, 11) is -2.44. The summed E-state index contributed by atoms with van der Waals surface area (Å²) in [4.78, 5) is 28.9. The highest BCUT2D eigenvalue weighted by atomic mass is 35.5. The second-order valence-corrected chi connectivity index (χ2v) is 20.9. The molecule has 2 aliphatic carbocycles. The fraction of sp³-hybridized carbons (Fsp3) is 0.703. The van der Waals surface area contributed by atoms with Crippen molar-refractivity contribution in [2.24, 2.45) is 10.8 Å². The molecule has 0 bridgehead atoms. The lowest BCUT2D eigenvalue weighted by atomic mass is 9.74. The Labute approximate surface area is 310 Å². The third-order valence-electron chi connectivity index (χ3n) is 11.5. The van der Waals surface area contributed by atoms with Crippen molar-refractivity contribution in [2.45, 2.75) is 142 Å². The maximum Gasteiger partial charge on any atom is 0.433 e. The third-order valence-corrected chi connectivity index (χ3v) is 16.8. The molecule has 0 spiro atoms. The molecule has 286 valence electrons. The van der Waals surface area contributed by atoms with Gasteiger partial charge in [0.1, 0.15) is 5.82 Å². The Morgan fingerprint density at radius 3 is 2.02 bits per heavy atom. The van der Waals surface area contributed by atoms with Crippen LogP contribution in [0.4, 0.5) is 17.6 Å². The Morgan fingerprint density at radius 1 is 0.980 bits per heavy atom. The molecule has 1 amide bonds. The van der Waals surface area contributed by atoms with Crippen molar-refractivity contribution in [3.63, 3.8) is 0 Å². The lowest BCUT2D eigenvalue weighted by Crippen LogP contribution is -2.48. The van der Waals surface area contributed by atoms with Gasteiger partial charge in [-0.25, -0.2) is 4.39 Å². The monoisotopic (exact) mass is 777 g/mol. The number of benzene rings is 1. The molecular weight excluding hydrogens is 725 g/mol. The molecule has 4 rings (SSSR count). The Kier molecular flexibility index (Phi) is 13.4. The van der Waals surface area contributed by atoms with Gasteiger partial charge in [0.15, 0.2) is 14.0 Å². The number of rotatable bonds is 13. The molecular formula is C37H53Cl2F4N3O4Si. The van der Waals surface area contributed by atoms with Crippen molar-refractivity contribution >= 4 is 43.4 Å². The highest BCUT2D eigenvalue weighted by Gasteiger charge is 2.47. The number of hydrogen-bond acceptors (Lipinski definition) is 5. The maximum absolute atomic E-state index is 15.1. The van der Waals surface area contributed by atoms with Crippen molar-refractivity contribution in [3.8, 4) is 0 Å². The third kappa shape index (κ3) is 9.33. The largest absolute Gasteiger partial charge is 0.466 e. The first-order valence-electron chi connectivity index (χ1n) is 18.3. The van der Waals surface area contributed by atoms with E-state index >= 15 is 13.2 Å². The van der Waals surface area contributed by atoms with E-state index in [-0.39, 0.29) is 53.5 Å². The highest BCUT2D eigenvalue weighted by Crippen LogP contribution is 2.46. The minimum absolute atomic E-state index is 0.0143. The molecule has 2 fully saturated rings. The van der Waals surface area contributed by atoms with E-state index in [1.807, 2.05) is 20.8 Å². The summed E-state index contributed by atoms with van der Waals surface area (Å²) in [5.41, 5.74) is -2.10. The van der Waals surface area contributed by atoms with Crippen LogP contribution in [0.1, 0.15) is 134 Å². The van der Waals surface area contributed by atoms with Crippen molar-refractivity contribution in [3.05, 3.63) is 51.0 Å². The molecule has 1 aromatic heterocycles. The van der Waals surface area contributed by atoms with Crippen molar-refractivity contribution in [2.75, 3.05) is 13.2 Å². The van der Waals surface area contributed by atoms with Crippen LogP contribution >= 0.6 is 23.2 Å². The lowest BCUT2D eigenvalue weighted by molar-refractivity contribution is -0.157. The SMILES string of the molecule is CCOC(=O)C1(C)CCC(n2ncc(C(=O)N(CC(O[Si](CC)(CC)CC)c3c(Cl)cc(F)cc3Cl)C3CCC(C)(C)CC3)c2C(F)(F)F)CC1.